The lowest BCUT2D eigenvalue weighted by atomic mass is 9.83. The molecule has 5 rings (SSSR count). The number of aryl methyl sites for hydroxylation is 2. The van der Waals surface area contributed by atoms with Crippen molar-refractivity contribution in [1.29, 1.82) is 0 Å². The molecule has 2 aromatic carbocycles. The van der Waals surface area contributed by atoms with Crippen LogP contribution in [-0.2, 0) is 23.1 Å². The molecule has 1 amide bonds. The van der Waals surface area contributed by atoms with E-state index in [0.717, 1.165) is 35.4 Å². The number of aromatic nitrogens is 1. The van der Waals surface area contributed by atoms with Crippen molar-refractivity contribution in [2.75, 3.05) is 38.4 Å². The first-order chi connectivity index (χ1) is 20.4. The summed E-state index contributed by atoms with van der Waals surface area (Å²) in [5.41, 5.74) is 2.73. The Labute approximate surface area is 247 Å². The fraction of sp³-hybridized carbons (Fsp3) is 0.424. The van der Waals surface area contributed by atoms with Crippen LogP contribution in [0.2, 0.25) is 0 Å². The molecule has 3 aromatic rings. The van der Waals surface area contributed by atoms with Gasteiger partial charge in [-0.15, -0.1) is 0 Å². The van der Waals surface area contributed by atoms with Gasteiger partial charge in [0.2, 0.25) is 12.7 Å². The topological polar surface area (TPSA) is 92.4 Å². The number of aliphatic carboxylic acids is 1. The zero-order valence-electron chi connectivity index (χ0n) is 24.6. The summed E-state index contributed by atoms with van der Waals surface area (Å²) >= 11 is 0. The zero-order chi connectivity index (χ0) is 29.6. The second-order valence-electron chi connectivity index (χ2n) is 11.1. The molecule has 3 heterocycles. The van der Waals surface area contributed by atoms with E-state index in [2.05, 4.69) is 11.8 Å². The molecule has 1 aromatic heterocycles. The summed E-state index contributed by atoms with van der Waals surface area (Å²) < 4.78 is 18.6. The highest BCUT2D eigenvalue weighted by molar-refractivity contribution is 5.94. The number of para-hydroxylation sites is 1. The molecule has 1 unspecified atom stereocenters. The average molecular weight is 575 g/mol. The Bertz CT molecular complexity index is 1410. The Kier molecular flexibility index (Phi) is 9.27. The van der Waals surface area contributed by atoms with Crippen LogP contribution in [0.25, 0.3) is 0 Å². The van der Waals surface area contributed by atoms with E-state index in [1.807, 2.05) is 83.5 Å². The number of methoxy groups -OCH3 is 1. The highest BCUT2D eigenvalue weighted by Gasteiger charge is 2.47. The molecule has 2 aliphatic heterocycles. The van der Waals surface area contributed by atoms with E-state index >= 15 is 0 Å². The van der Waals surface area contributed by atoms with Crippen LogP contribution >= 0.6 is 0 Å². The lowest BCUT2D eigenvalue weighted by Crippen LogP contribution is -2.45. The molecule has 9 nitrogen and oxygen atoms in total. The van der Waals surface area contributed by atoms with Crippen LogP contribution in [0.3, 0.4) is 0 Å². The molecule has 1 saturated heterocycles. The number of anilines is 1. The molecular weight excluding hydrogens is 534 g/mol. The second kappa shape index (κ2) is 13.2. The number of ether oxygens (including phenoxy) is 3. The number of amides is 1. The summed E-state index contributed by atoms with van der Waals surface area (Å²) in [6.45, 7) is 3.44. The smallest absolute Gasteiger partial charge is 0.308 e. The van der Waals surface area contributed by atoms with Crippen molar-refractivity contribution in [3.05, 3.63) is 78.1 Å². The molecule has 0 radical (unpaired) electrons. The Hall–Kier alpha value is -4.11. The van der Waals surface area contributed by atoms with Gasteiger partial charge in [0.05, 0.1) is 19.6 Å². The number of hydrogen-bond donors (Lipinski definition) is 1. The highest BCUT2D eigenvalue weighted by Crippen LogP contribution is 2.43. The van der Waals surface area contributed by atoms with E-state index in [1.54, 1.807) is 7.11 Å². The molecule has 42 heavy (non-hydrogen) atoms. The standard InChI is InChI=1S/C33H39N3O6/c1-4-5-17-36(25-10-8-16-34(2)19-25)31(37)21-35-20-26(24-13-15-29-30(18-24)42-22-41-29)32(33(38)39)27(35)14-12-23-9-6-7-11-28(23)40-3/h6-11,13,15-16,18-19,26-27,32H,4-5,12,14,17,20-22H2,1-3H3/p+1/t26-,27+,32?/m1/s1. The zero-order valence-corrected chi connectivity index (χ0v) is 24.6. The Morgan fingerprint density at radius 2 is 1.93 bits per heavy atom. The minimum Gasteiger partial charge on any atom is -0.496 e. The number of likely N-dealkylation sites (tertiary alicyclic amines) is 1. The van der Waals surface area contributed by atoms with Crippen molar-refractivity contribution in [2.45, 2.75) is 44.6 Å². The summed E-state index contributed by atoms with van der Waals surface area (Å²) in [5, 5.41) is 10.6. The van der Waals surface area contributed by atoms with Gasteiger partial charge in [-0.25, -0.2) is 4.57 Å². The lowest BCUT2D eigenvalue weighted by Gasteiger charge is -2.29. The summed E-state index contributed by atoms with van der Waals surface area (Å²) in [5.74, 6) is 0.144. The quantitative estimate of drug-likeness (QED) is 0.325. The van der Waals surface area contributed by atoms with E-state index in [9.17, 15) is 14.7 Å². The molecule has 0 spiro atoms. The molecule has 1 fully saturated rings. The van der Waals surface area contributed by atoms with Crippen molar-refractivity contribution in [3.8, 4) is 17.2 Å². The number of carbonyl (C=O) groups excluding carboxylic acids is 1. The highest BCUT2D eigenvalue weighted by atomic mass is 16.7. The molecule has 0 saturated carbocycles. The fourth-order valence-electron chi connectivity index (χ4n) is 6.25. The van der Waals surface area contributed by atoms with Crippen molar-refractivity contribution in [1.82, 2.24) is 4.90 Å². The Balaban J connectivity index is 1.46. The number of rotatable bonds is 12. The molecule has 1 N–H and O–H groups in total. The van der Waals surface area contributed by atoms with E-state index in [1.165, 1.54) is 0 Å². The van der Waals surface area contributed by atoms with Gasteiger partial charge in [-0.1, -0.05) is 37.6 Å². The Morgan fingerprint density at radius 3 is 2.69 bits per heavy atom. The van der Waals surface area contributed by atoms with Crippen LogP contribution in [0.5, 0.6) is 17.2 Å². The van der Waals surface area contributed by atoms with Gasteiger partial charge in [0.25, 0.3) is 0 Å². The Morgan fingerprint density at radius 1 is 1.12 bits per heavy atom. The number of carbonyl (C=O) groups is 2. The number of carboxylic acid groups (broad SMARTS) is 1. The van der Waals surface area contributed by atoms with Crippen LogP contribution in [-0.4, -0.2) is 61.5 Å². The molecular formula is C33H40N3O6+. The molecule has 3 atom stereocenters. The third kappa shape index (κ3) is 6.36. The van der Waals surface area contributed by atoms with Crippen LogP contribution in [0.1, 0.15) is 43.2 Å². The van der Waals surface area contributed by atoms with E-state index < -0.39 is 11.9 Å². The van der Waals surface area contributed by atoms with Gasteiger partial charge < -0.3 is 24.2 Å². The summed E-state index contributed by atoms with van der Waals surface area (Å²) in [7, 11) is 3.58. The molecule has 222 valence electrons. The molecule has 0 bridgehead atoms. The first-order valence-corrected chi connectivity index (χ1v) is 14.6. The normalized spacial score (nSPS) is 19.5. The van der Waals surface area contributed by atoms with Gasteiger partial charge in [0.1, 0.15) is 18.5 Å². The number of nitrogens with zero attached hydrogens (tertiary/aromatic N) is 3. The van der Waals surface area contributed by atoms with E-state index in [-0.39, 0.29) is 31.2 Å². The van der Waals surface area contributed by atoms with Crippen molar-refractivity contribution < 1.29 is 33.5 Å². The monoisotopic (exact) mass is 574 g/mol. The van der Waals surface area contributed by atoms with Crippen LogP contribution in [0, 0.1) is 5.92 Å². The van der Waals surface area contributed by atoms with Gasteiger partial charge in [0.15, 0.2) is 23.9 Å². The first-order valence-electron chi connectivity index (χ1n) is 14.6. The maximum atomic E-state index is 14.0. The second-order valence-corrected chi connectivity index (χ2v) is 11.1. The van der Waals surface area contributed by atoms with Crippen molar-refractivity contribution in [2.24, 2.45) is 13.0 Å². The average Bonchev–Trinajstić information content (AvgIpc) is 3.60. The lowest BCUT2D eigenvalue weighted by molar-refractivity contribution is -0.670. The number of pyridine rings is 1. The van der Waals surface area contributed by atoms with Gasteiger partial charge in [-0.3, -0.25) is 14.5 Å². The number of hydrogen-bond acceptors (Lipinski definition) is 6. The number of fused-ring (bicyclic) bond motifs is 1. The van der Waals surface area contributed by atoms with Crippen LogP contribution in [0.4, 0.5) is 5.69 Å². The van der Waals surface area contributed by atoms with Gasteiger partial charge in [-0.05, 0) is 54.7 Å². The number of carboxylic acids is 1. The van der Waals surface area contributed by atoms with E-state index in [0.29, 0.717) is 37.4 Å². The third-order valence-electron chi connectivity index (χ3n) is 8.37. The largest absolute Gasteiger partial charge is 0.496 e. The van der Waals surface area contributed by atoms with Gasteiger partial charge in [0, 0.05) is 31.1 Å². The van der Waals surface area contributed by atoms with Crippen molar-refractivity contribution >= 4 is 17.6 Å². The predicted molar refractivity (Wildman–Crippen MR) is 158 cm³/mol. The number of unbranched alkanes of at least 4 members (excludes halogenated alkanes) is 1. The maximum Gasteiger partial charge on any atom is 0.308 e. The number of benzene rings is 2. The first kappa shape index (κ1) is 29.4. The molecule has 0 aliphatic carbocycles. The van der Waals surface area contributed by atoms with Gasteiger partial charge >= 0.3 is 5.97 Å². The minimum atomic E-state index is -0.865. The molecule has 9 heteroatoms. The van der Waals surface area contributed by atoms with E-state index in [4.69, 9.17) is 14.2 Å². The summed E-state index contributed by atoms with van der Waals surface area (Å²) in [4.78, 5) is 30.8. The van der Waals surface area contributed by atoms with Gasteiger partial charge in [-0.2, -0.15) is 0 Å². The third-order valence-corrected chi connectivity index (χ3v) is 8.37. The maximum absolute atomic E-state index is 14.0. The minimum absolute atomic E-state index is 0.0348. The van der Waals surface area contributed by atoms with Crippen LogP contribution in [0.15, 0.2) is 67.0 Å². The van der Waals surface area contributed by atoms with Crippen LogP contribution < -0.4 is 23.7 Å². The summed E-state index contributed by atoms with van der Waals surface area (Å²) in [6.07, 6.45) is 6.92. The van der Waals surface area contributed by atoms with Crippen molar-refractivity contribution in [3.63, 3.8) is 0 Å². The predicted octanol–water partition coefficient (Wildman–Crippen LogP) is 4.18. The molecule has 2 aliphatic rings. The SMILES string of the molecule is CCCCN(C(=O)CN1C[C@H](c2ccc3c(c2)OCO3)C(C(=O)O)[C@@H]1CCc1ccccc1OC)c1ccc[n+](C)c1. The summed E-state index contributed by atoms with van der Waals surface area (Å²) in [6, 6.07) is 17.0. The fourth-order valence-corrected chi connectivity index (χ4v) is 6.25.